The van der Waals surface area contributed by atoms with Gasteiger partial charge in [0, 0.05) is 60.9 Å². The molecule has 3 N–H and O–H groups in total. The van der Waals surface area contributed by atoms with E-state index in [9.17, 15) is 19.2 Å². The number of ether oxygens (including phenoxy) is 3. The molecule has 0 radical (unpaired) electrons. The van der Waals surface area contributed by atoms with E-state index in [2.05, 4.69) is 15.6 Å². The van der Waals surface area contributed by atoms with Gasteiger partial charge < -0.3 is 39.6 Å². The van der Waals surface area contributed by atoms with Gasteiger partial charge in [0.2, 0.25) is 17.7 Å². The second-order valence-electron chi connectivity index (χ2n) is 14.4. The third kappa shape index (κ3) is 8.66. The van der Waals surface area contributed by atoms with Crippen LogP contribution in [0.3, 0.4) is 0 Å². The Morgan fingerprint density at radius 2 is 1.69 bits per heavy atom. The first-order chi connectivity index (χ1) is 25.9. The zero-order chi connectivity index (χ0) is 38.5. The van der Waals surface area contributed by atoms with Crippen molar-refractivity contribution in [1.82, 2.24) is 25.4 Å². The van der Waals surface area contributed by atoms with Crippen molar-refractivity contribution in [3.8, 4) is 11.5 Å². The van der Waals surface area contributed by atoms with Gasteiger partial charge in [0.1, 0.15) is 6.04 Å². The van der Waals surface area contributed by atoms with E-state index in [-0.39, 0.29) is 55.2 Å². The molecular formula is C41H48ClN5O7. The van der Waals surface area contributed by atoms with E-state index in [1.807, 2.05) is 62.5 Å². The summed E-state index contributed by atoms with van der Waals surface area (Å²) in [7, 11) is 3.04. The number of likely N-dealkylation sites (tertiary alicyclic amines) is 2. The van der Waals surface area contributed by atoms with Crippen LogP contribution in [0.25, 0.3) is 10.9 Å². The Bertz CT molecular complexity index is 1980. The first-order valence-electron chi connectivity index (χ1n) is 18.3. The Balaban J connectivity index is 1.24. The molecule has 1 aromatic heterocycles. The van der Waals surface area contributed by atoms with Crippen molar-refractivity contribution in [3.63, 3.8) is 0 Å². The predicted molar refractivity (Wildman–Crippen MR) is 205 cm³/mol. The fraction of sp³-hybridized carbons (Fsp3) is 0.415. The van der Waals surface area contributed by atoms with Gasteiger partial charge in [-0.2, -0.15) is 0 Å². The van der Waals surface area contributed by atoms with Gasteiger partial charge in [0.25, 0.3) is 5.91 Å². The SMILES string of the molecule is CNC(=O)C(NC(=O)C1CN(C(=O)Cc2c[nH]c3cc(Cl)ccc23)CC2CN(C(=O)c3ccc(OC(C)C)c(OC)c3)CC21)[C@H](C)OCc1ccccc1. The predicted octanol–water partition coefficient (Wildman–Crippen LogP) is 4.84. The second kappa shape index (κ2) is 16.9. The number of aromatic amines is 1. The number of piperidine rings is 1. The molecule has 3 aromatic carbocycles. The standard InChI is InChI=1S/C41H48ClN5O7/c1-24(2)54-35-14-11-27(15-36(35)52-5)41(51)47-20-29-19-46(37(48)16-28-18-44-34-17-30(42)12-13-31(28)34)22-33(32(29)21-47)39(49)45-38(40(50)43-4)25(3)53-23-26-9-7-6-8-10-26/h6-15,17-18,24-25,29,32-33,38,44H,16,19-23H2,1-5H3,(H,43,50)(H,45,49)/t25-,29?,32?,33?,38?/m0/s1. The highest BCUT2D eigenvalue weighted by molar-refractivity contribution is 6.31. The summed E-state index contributed by atoms with van der Waals surface area (Å²) >= 11 is 6.19. The van der Waals surface area contributed by atoms with Gasteiger partial charge >= 0.3 is 0 Å². The van der Waals surface area contributed by atoms with Crippen LogP contribution < -0.4 is 20.1 Å². The number of nitrogens with zero attached hydrogens (tertiary/aromatic N) is 2. The number of carbonyl (C=O) groups is 4. The van der Waals surface area contributed by atoms with Crippen LogP contribution >= 0.6 is 11.6 Å². The van der Waals surface area contributed by atoms with Crippen molar-refractivity contribution in [2.45, 2.75) is 52.0 Å². The van der Waals surface area contributed by atoms with Crippen molar-refractivity contribution in [2.24, 2.45) is 17.8 Å². The van der Waals surface area contributed by atoms with E-state index >= 15 is 0 Å². The number of H-pyrrole nitrogens is 1. The highest BCUT2D eigenvalue weighted by Gasteiger charge is 2.48. The fourth-order valence-electron chi connectivity index (χ4n) is 7.55. The molecular weight excluding hydrogens is 710 g/mol. The summed E-state index contributed by atoms with van der Waals surface area (Å²) in [6.07, 6.45) is 1.18. The lowest BCUT2D eigenvalue weighted by molar-refractivity contribution is -0.141. The molecule has 4 aromatic rings. The summed E-state index contributed by atoms with van der Waals surface area (Å²) in [4.78, 5) is 62.2. The van der Waals surface area contributed by atoms with Crippen molar-refractivity contribution >= 4 is 46.1 Å². The number of fused-ring (bicyclic) bond motifs is 2. The molecule has 2 aliphatic rings. The topological polar surface area (TPSA) is 142 Å². The summed E-state index contributed by atoms with van der Waals surface area (Å²) in [5.41, 5.74) is 3.01. The van der Waals surface area contributed by atoms with Crippen LogP contribution in [0, 0.1) is 17.8 Å². The van der Waals surface area contributed by atoms with E-state index in [1.54, 1.807) is 41.0 Å². The van der Waals surface area contributed by atoms with Gasteiger partial charge in [-0.15, -0.1) is 0 Å². The number of carbonyl (C=O) groups excluding carboxylic acids is 4. The normalized spacial score (nSPS) is 19.3. The van der Waals surface area contributed by atoms with Crippen molar-refractivity contribution < 1.29 is 33.4 Å². The molecule has 0 aliphatic carbocycles. The Morgan fingerprint density at radius 1 is 0.926 bits per heavy atom. The summed E-state index contributed by atoms with van der Waals surface area (Å²) in [5.74, 6) is -1.27. The third-order valence-electron chi connectivity index (χ3n) is 10.4. The summed E-state index contributed by atoms with van der Waals surface area (Å²) in [6.45, 7) is 7.01. The lowest BCUT2D eigenvalue weighted by atomic mass is 9.79. The van der Waals surface area contributed by atoms with Gasteiger partial charge in [-0.05, 0) is 74.1 Å². The number of rotatable bonds is 13. The molecule has 2 saturated heterocycles. The van der Waals surface area contributed by atoms with E-state index in [0.717, 1.165) is 22.0 Å². The average Bonchev–Trinajstić information content (AvgIpc) is 3.79. The first kappa shape index (κ1) is 38.6. The largest absolute Gasteiger partial charge is 0.493 e. The molecule has 286 valence electrons. The quantitative estimate of drug-likeness (QED) is 0.177. The van der Waals surface area contributed by atoms with Gasteiger partial charge in [0.15, 0.2) is 11.5 Å². The number of nitrogens with one attached hydrogen (secondary N) is 3. The summed E-state index contributed by atoms with van der Waals surface area (Å²) in [6, 6.07) is 19.2. The third-order valence-corrected chi connectivity index (χ3v) is 10.6. The maximum absolute atomic E-state index is 14.4. The van der Waals surface area contributed by atoms with Crippen LogP contribution in [0.5, 0.6) is 11.5 Å². The number of likely N-dealkylation sites (N-methyl/N-ethyl adjacent to an activating group) is 1. The van der Waals surface area contributed by atoms with E-state index in [4.69, 9.17) is 25.8 Å². The Hall–Kier alpha value is -5.07. The van der Waals surface area contributed by atoms with Crippen LogP contribution in [0.15, 0.2) is 72.9 Å². The number of halogens is 1. The minimum absolute atomic E-state index is 0.0771. The average molecular weight is 758 g/mol. The minimum Gasteiger partial charge on any atom is -0.493 e. The summed E-state index contributed by atoms with van der Waals surface area (Å²) < 4.78 is 17.5. The maximum atomic E-state index is 14.4. The molecule has 2 fully saturated rings. The molecule has 12 nitrogen and oxygen atoms in total. The highest BCUT2D eigenvalue weighted by Crippen LogP contribution is 2.38. The lowest BCUT2D eigenvalue weighted by Crippen LogP contribution is -2.58. The zero-order valence-electron chi connectivity index (χ0n) is 31.3. The van der Waals surface area contributed by atoms with Gasteiger partial charge in [-0.25, -0.2) is 0 Å². The first-order valence-corrected chi connectivity index (χ1v) is 18.7. The second-order valence-corrected chi connectivity index (χ2v) is 14.8. The molecule has 0 bridgehead atoms. The smallest absolute Gasteiger partial charge is 0.254 e. The Kier molecular flexibility index (Phi) is 12.1. The van der Waals surface area contributed by atoms with Gasteiger partial charge in [0.05, 0.1) is 38.3 Å². The van der Waals surface area contributed by atoms with Crippen LogP contribution in [0.1, 0.15) is 42.3 Å². The minimum atomic E-state index is -0.994. The maximum Gasteiger partial charge on any atom is 0.254 e. The van der Waals surface area contributed by atoms with E-state index in [0.29, 0.717) is 41.7 Å². The lowest BCUT2D eigenvalue weighted by Gasteiger charge is -2.40. The molecule has 2 aliphatic heterocycles. The molecule has 5 atom stereocenters. The molecule has 4 amide bonds. The number of aromatic nitrogens is 1. The van der Waals surface area contributed by atoms with E-state index < -0.39 is 24.0 Å². The molecule has 0 spiro atoms. The molecule has 4 unspecified atom stereocenters. The number of hydrogen-bond donors (Lipinski definition) is 3. The van der Waals surface area contributed by atoms with Crippen LogP contribution in [0.2, 0.25) is 5.02 Å². The number of amides is 4. The Labute approximate surface area is 320 Å². The molecule has 13 heteroatoms. The van der Waals surface area contributed by atoms with Crippen molar-refractivity contribution in [3.05, 3.63) is 94.6 Å². The summed E-state index contributed by atoms with van der Waals surface area (Å²) in [5, 5.41) is 7.10. The van der Waals surface area contributed by atoms with Crippen molar-refractivity contribution in [2.75, 3.05) is 40.3 Å². The van der Waals surface area contributed by atoms with Crippen LogP contribution in [0.4, 0.5) is 0 Å². The van der Waals surface area contributed by atoms with Crippen LogP contribution in [-0.4, -0.2) is 97.0 Å². The Morgan fingerprint density at radius 3 is 2.41 bits per heavy atom. The molecule has 3 heterocycles. The van der Waals surface area contributed by atoms with Gasteiger partial charge in [-0.3, -0.25) is 19.2 Å². The highest BCUT2D eigenvalue weighted by atomic mass is 35.5. The monoisotopic (exact) mass is 757 g/mol. The van der Waals surface area contributed by atoms with Crippen LogP contribution in [-0.2, 0) is 32.1 Å². The van der Waals surface area contributed by atoms with Crippen molar-refractivity contribution in [1.29, 1.82) is 0 Å². The fourth-order valence-corrected chi connectivity index (χ4v) is 7.72. The molecule has 6 rings (SSSR count). The number of methoxy groups -OCH3 is 1. The molecule has 0 saturated carbocycles. The van der Waals surface area contributed by atoms with Gasteiger partial charge in [-0.1, -0.05) is 48.0 Å². The molecule has 54 heavy (non-hydrogen) atoms. The zero-order valence-corrected chi connectivity index (χ0v) is 32.0. The van der Waals surface area contributed by atoms with E-state index in [1.165, 1.54) is 14.2 Å². The number of hydrogen-bond acceptors (Lipinski definition) is 7. The number of benzene rings is 3.